The van der Waals surface area contributed by atoms with E-state index in [9.17, 15) is 9.59 Å². The number of likely N-dealkylation sites (tertiary alicyclic amines) is 1. The summed E-state index contributed by atoms with van der Waals surface area (Å²) in [7, 11) is 0. The fourth-order valence-corrected chi connectivity index (χ4v) is 3.40. The van der Waals surface area contributed by atoms with Crippen molar-refractivity contribution >= 4 is 34.9 Å². The number of carbonyl (C=O) groups is 2. The summed E-state index contributed by atoms with van der Waals surface area (Å²) in [6.45, 7) is 1.79. The van der Waals surface area contributed by atoms with E-state index >= 15 is 0 Å². The third-order valence-electron chi connectivity index (χ3n) is 2.74. The molecule has 1 aromatic rings. The van der Waals surface area contributed by atoms with Gasteiger partial charge in [0.2, 0.25) is 11.8 Å². The third-order valence-corrected chi connectivity index (χ3v) is 4.87. The minimum atomic E-state index is -0.0825. The van der Waals surface area contributed by atoms with Crippen LogP contribution in [-0.2, 0) is 9.59 Å². The van der Waals surface area contributed by atoms with Gasteiger partial charge in [-0.1, -0.05) is 6.07 Å². The maximum absolute atomic E-state index is 11.7. The summed E-state index contributed by atoms with van der Waals surface area (Å²) in [6.07, 6.45) is 2.15. The first-order valence-electron chi connectivity index (χ1n) is 5.96. The minimum Gasteiger partial charge on any atom is -0.346 e. The Morgan fingerprint density at radius 3 is 2.83 bits per heavy atom. The number of nitrogens with zero attached hydrogens (tertiary/aromatic N) is 1. The molecule has 0 spiro atoms. The lowest BCUT2D eigenvalue weighted by Crippen LogP contribution is -2.39. The maximum Gasteiger partial charge on any atom is 0.241 e. The minimum absolute atomic E-state index is 0.0296. The maximum atomic E-state index is 11.7. The zero-order valence-electron chi connectivity index (χ0n) is 10.1. The van der Waals surface area contributed by atoms with Crippen LogP contribution in [0.1, 0.15) is 12.8 Å². The fraction of sp³-hybridized carbons (Fsp3) is 0.500. The molecule has 0 bridgehead atoms. The van der Waals surface area contributed by atoms with E-state index in [1.807, 2.05) is 22.4 Å². The predicted molar refractivity (Wildman–Crippen MR) is 73.9 cm³/mol. The van der Waals surface area contributed by atoms with Crippen molar-refractivity contribution in [2.24, 2.45) is 0 Å². The summed E-state index contributed by atoms with van der Waals surface area (Å²) < 4.78 is 1.12. The molecule has 2 rings (SSSR count). The molecule has 0 aliphatic carbocycles. The van der Waals surface area contributed by atoms with Crippen molar-refractivity contribution in [1.29, 1.82) is 0 Å². The van der Waals surface area contributed by atoms with Crippen LogP contribution >= 0.6 is 23.1 Å². The quantitative estimate of drug-likeness (QED) is 0.835. The van der Waals surface area contributed by atoms with Gasteiger partial charge in [-0.2, -0.15) is 0 Å². The standard InChI is InChI=1S/C12H16N2O2S2/c15-10(9-18-12-4-3-7-17-12)13-8-11(16)14-5-1-2-6-14/h3-4,7H,1-2,5-6,8-9H2,(H,13,15). The van der Waals surface area contributed by atoms with Gasteiger partial charge < -0.3 is 10.2 Å². The molecule has 1 aliphatic rings. The second kappa shape index (κ2) is 6.80. The zero-order valence-corrected chi connectivity index (χ0v) is 11.7. The van der Waals surface area contributed by atoms with Crippen molar-refractivity contribution in [1.82, 2.24) is 10.2 Å². The van der Waals surface area contributed by atoms with Gasteiger partial charge in [-0.3, -0.25) is 9.59 Å². The molecule has 2 amide bonds. The summed E-state index contributed by atoms with van der Waals surface area (Å²) in [6, 6.07) is 3.94. The van der Waals surface area contributed by atoms with Crippen LogP contribution in [0.5, 0.6) is 0 Å². The molecule has 2 heterocycles. The normalized spacial score (nSPS) is 14.8. The number of amides is 2. The first-order chi connectivity index (χ1) is 8.75. The highest BCUT2D eigenvalue weighted by Gasteiger charge is 2.17. The number of carbonyl (C=O) groups excluding carboxylic acids is 2. The van der Waals surface area contributed by atoms with Gasteiger partial charge in [-0.15, -0.1) is 23.1 Å². The number of thiophene rings is 1. The SMILES string of the molecule is O=C(CSc1cccs1)NCC(=O)N1CCCC1. The van der Waals surface area contributed by atoms with Crippen LogP contribution in [0, 0.1) is 0 Å². The lowest BCUT2D eigenvalue weighted by molar-refractivity contribution is -0.131. The first-order valence-corrected chi connectivity index (χ1v) is 7.83. The molecule has 0 atom stereocenters. The lowest BCUT2D eigenvalue weighted by Gasteiger charge is -2.15. The molecule has 6 heteroatoms. The van der Waals surface area contributed by atoms with Crippen molar-refractivity contribution in [2.45, 2.75) is 17.1 Å². The van der Waals surface area contributed by atoms with Crippen LogP contribution < -0.4 is 5.32 Å². The Morgan fingerprint density at radius 2 is 2.17 bits per heavy atom. The molecular formula is C12H16N2O2S2. The van der Waals surface area contributed by atoms with Gasteiger partial charge in [-0.25, -0.2) is 0 Å². The summed E-state index contributed by atoms with van der Waals surface area (Å²) in [4.78, 5) is 25.1. The van der Waals surface area contributed by atoms with Gasteiger partial charge in [0, 0.05) is 13.1 Å². The van der Waals surface area contributed by atoms with Gasteiger partial charge in [0.15, 0.2) is 0 Å². The van der Waals surface area contributed by atoms with Crippen molar-refractivity contribution in [3.8, 4) is 0 Å². The van der Waals surface area contributed by atoms with Gasteiger partial charge in [0.1, 0.15) is 0 Å². The van der Waals surface area contributed by atoms with Crippen molar-refractivity contribution in [3.63, 3.8) is 0 Å². The Kier molecular flexibility index (Phi) is 5.07. The highest BCUT2D eigenvalue weighted by Crippen LogP contribution is 2.22. The van der Waals surface area contributed by atoms with Gasteiger partial charge >= 0.3 is 0 Å². The smallest absolute Gasteiger partial charge is 0.241 e. The summed E-state index contributed by atoms with van der Waals surface area (Å²) in [5.41, 5.74) is 0. The third kappa shape index (κ3) is 4.03. The van der Waals surface area contributed by atoms with Crippen molar-refractivity contribution in [3.05, 3.63) is 17.5 Å². The number of hydrogen-bond donors (Lipinski definition) is 1. The lowest BCUT2D eigenvalue weighted by atomic mass is 10.4. The number of thioether (sulfide) groups is 1. The van der Waals surface area contributed by atoms with E-state index in [0.29, 0.717) is 5.75 Å². The van der Waals surface area contributed by atoms with E-state index in [0.717, 1.165) is 30.1 Å². The Hall–Kier alpha value is -1.01. The highest BCUT2D eigenvalue weighted by atomic mass is 32.2. The van der Waals surface area contributed by atoms with E-state index in [4.69, 9.17) is 0 Å². The largest absolute Gasteiger partial charge is 0.346 e. The molecule has 0 radical (unpaired) electrons. The summed E-state index contributed by atoms with van der Waals surface area (Å²) in [5.74, 6) is 0.316. The Balaban J connectivity index is 1.63. The van der Waals surface area contributed by atoms with Gasteiger partial charge in [0.05, 0.1) is 16.5 Å². The topological polar surface area (TPSA) is 49.4 Å². The second-order valence-electron chi connectivity index (χ2n) is 4.09. The zero-order chi connectivity index (χ0) is 12.8. The molecular weight excluding hydrogens is 268 g/mol. The molecule has 1 saturated heterocycles. The van der Waals surface area contributed by atoms with Crippen LogP contribution in [0.15, 0.2) is 21.7 Å². The van der Waals surface area contributed by atoms with Crippen molar-refractivity contribution in [2.75, 3.05) is 25.4 Å². The van der Waals surface area contributed by atoms with E-state index in [-0.39, 0.29) is 18.4 Å². The fourth-order valence-electron chi connectivity index (χ4n) is 1.79. The van der Waals surface area contributed by atoms with E-state index in [2.05, 4.69) is 5.32 Å². The number of rotatable bonds is 5. The molecule has 1 aliphatic heterocycles. The summed E-state index contributed by atoms with van der Waals surface area (Å²) in [5, 5.41) is 4.66. The molecule has 4 nitrogen and oxygen atoms in total. The Morgan fingerprint density at radius 1 is 1.39 bits per heavy atom. The molecule has 0 aromatic carbocycles. The Labute approximate surface area is 115 Å². The highest BCUT2D eigenvalue weighted by molar-refractivity contribution is 8.01. The molecule has 1 N–H and O–H groups in total. The van der Waals surface area contributed by atoms with Crippen LogP contribution in [0.4, 0.5) is 0 Å². The average Bonchev–Trinajstić information content (AvgIpc) is 3.05. The Bertz CT molecular complexity index is 400. The molecule has 18 heavy (non-hydrogen) atoms. The van der Waals surface area contributed by atoms with Crippen LogP contribution in [-0.4, -0.2) is 42.1 Å². The molecule has 0 saturated carbocycles. The molecule has 1 aromatic heterocycles. The number of nitrogens with one attached hydrogen (secondary N) is 1. The average molecular weight is 284 g/mol. The van der Waals surface area contributed by atoms with E-state index in [1.54, 1.807) is 11.3 Å². The van der Waals surface area contributed by atoms with Gasteiger partial charge in [-0.05, 0) is 24.3 Å². The van der Waals surface area contributed by atoms with E-state index < -0.39 is 0 Å². The van der Waals surface area contributed by atoms with Crippen LogP contribution in [0.2, 0.25) is 0 Å². The monoisotopic (exact) mass is 284 g/mol. The van der Waals surface area contributed by atoms with Crippen molar-refractivity contribution < 1.29 is 9.59 Å². The van der Waals surface area contributed by atoms with Gasteiger partial charge in [0.25, 0.3) is 0 Å². The second-order valence-corrected chi connectivity index (χ2v) is 6.31. The number of hydrogen-bond acceptors (Lipinski definition) is 4. The first kappa shape index (κ1) is 13.4. The molecule has 0 unspecified atom stereocenters. The van der Waals surface area contributed by atoms with Crippen LogP contribution in [0.25, 0.3) is 0 Å². The summed E-state index contributed by atoms with van der Waals surface area (Å²) >= 11 is 3.12. The van der Waals surface area contributed by atoms with E-state index in [1.165, 1.54) is 11.8 Å². The molecule has 1 fully saturated rings. The molecule has 98 valence electrons. The predicted octanol–water partition coefficient (Wildman–Crippen LogP) is 1.58. The van der Waals surface area contributed by atoms with Crippen LogP contribution in [0.3, 0.4) is 0 Å².